The molecule has 4 heterocycles. The number of hydrazone groups is 2. The Kier molecular flexibility index (Phi) is 6.54. The van der Waals surface area contributed by atoms with Crippen LogP contribution in [0.5, 0.6) is 0 Å². The Morgan fingerprint density at radius 3 is 1.55 bits per heavy atom. The van der Waals surface area contributed by atoms with Crippen molar-refractivity contribution in [2.45, 2.75) is 0 Å². The predicted molar refractivity (Wildman–Crippen MR) is 158 cm³/mol. The zero-order valence-corrected chi connectivity index (χ0v) is 23.1. The maximum absolute atomic E-state index is 5.27. The molecule has 0 aliphatic carbocycles. The van der Waals surface area contributed by atoms with Crippen molar-refractivity contribution >= 4 is 62.4 Å². The van der Waals surface area contributed by atoms with Crippen molar-refractivity contribution in [2.24, 2.45) is 24.3 Å². The molecule has 4 aromatic heterocycles. The van der Waals surface area contributed by atoms with Gasteiger partial charge in [-0.3, -0.25) is 10.9 Å². The number of thiocarbonyl (C=S) groups is 1. The van der Waals surface area contributed by atoms with E-state index in [1.165, 1.54) is 9.92 Å². The lowest BCUT2D eigenvalue weighted by Gasteiger charge is -2.02. The topological polar surface area (TPSA) is 66.8 Å². The fourth-order valence-corrected chi connectivity index (χ4v) is 6.00. The summed E-state index contributed by atoms with van der Waals surface area (Å²) < 4.78 is 8.66. The standard InChI is InChI=1S/C27H23N8S3/c1-32-23(17-34-11-13-37-26(32)34)21-7-3-19(4-8-21)15-28-30-25(36)31-29-16-20-5-9-22(10-6-20)24-18-35-12-14-38-27(35)33(24)2/h3-18H,1-2H3,(H-,30,31,36)/q+1/p+1/b28-15+,29-16+. The van der Waals surface area contributed by atoms with Gasteiger partial charge in [0.15, 0.2) is 11.4 Å². The van der Waals surface area contributed by atoms with E-state index in [-0.39, 0.29) is 0 Å². The van der Waals surface area contributed by atoms with Crippen LogP contribution in [0.1, 0.15) is 11.1 Å². The molecule has 6 rings (SSSR count). The lowest BCUT2D eigenvalue weighted by molar-refractivity contribution is -0.505. The highest BCUT2D eigenvalue weighted by atomic mass is 32.1. The van der Waals surface area contributed by atoms with Crippen LogP contribution in [0.15, 0.2) is 94.3 Å². The molecule has 0 atom stereocenters. The maximum Gasteiger partial charge on any atom is 0.345 e. The van der Waals surface area contributed by atoms with Crippen molar-refractivity contribution in [3.63, 3.8) is 0 Å². The summed E-state index contributed by atoms with van der Waals surface area (Å²) >= 11 is 8.71. The van der Waals surface area contributed by atoms with Crippen LogP contribution in [0.25, 0.3) is 32.4 Å². The van der Waals surface area contributed by atoms with E-state index in [1.807, 2.05) is 24.3 Å². The number of fused-ring (bicyclic) bond motifs is 2. The van der Waals surface area contributed by atoms with E-state index >= 15 is 0 Å². The zero-order chi connectivity index (χ0) is 26.1. The van der Waals surface area contributed by atoms with Gasteiger partial charge in [-0.15, -0.1) is 0 Å². The van der Waals surface area contributed by atoms with E-state index in [4.69, 9.17) is 12.2 Å². The average Bonchev–Trinajstić information content (AvgIpc) is 3.70. The van der Waals surface area contributed by atoms with Crippen molar-refractivity contribution in [2.75, 3.05) is 0 Å². The Labute approximate surface area is 232 Å². The van der Waals surface area contributed by atoms with Crippen LogP contribution in [-0.4, -0.2) is 26.7 Å². The van der Waals surface area contributed by atoms with Crippen molar-refractivity contribution in [1.29, 1.82) is 0 Å². The lowest BCUT2D eigenvalue weighted by atomic mass is 10.1. The Balaban J connectivity index is 1.01. The van der Waals surface area contributed by atoms with Crippen molar-refractivity contribution in [3.05, 3.63) is 95.2 Å². The van der Waals surface area contributed by atoms with Crippen LogP contribution in [0, 0.1) is 0 Å². The molecule has 0 bridgehead atoms. The summed E-state index contributed by atoms with van der Waals surface area (Å²) in [5.41, 5.74) is 12.2. The number of aryl methyl sites for hydroxylation is 2. The first-order chi connectivity index (χ1) is 18.6. The van der Waals surface area contributed by atoms with E-state index < -0.39 is 0 Å². The molecule has 38 heavy (non-hydrogen) atoms. The van der Waals surface area contributed by atoms with Crippen LogP contribution in [-0.2, 0) is 14.1 Å². The second-order valence-corrected chi connectivity index (χ2v) is 10.8. The molecule has 0 saturated heterocycles. The summed E-state index contributed by atoms with van der Waals surface area (Å²) in [5.74, 6) is 0. The van der Waals surface area contributed by atoms with Gasteiger partial charge in [-0.05, 0) is 47.6 Å². The second kappa shape index (κ2) is 10.3. The Morgan fingerprint density at radius 2 is 1.16 bits per heavy atom. The summed E-state index contributed by atoms with van der Waals surface area (Å²) in [7, 11) is 4.16. The average molecular weight is 557 g/mol. The molecule has 0 radical (unpaired) electrons. The number of imidazole rings is 2. The first-order valence-corrected chi connectivity index (χ1v) is 13.9. The molecular formula is C27H24N8S3+2. The predicted octanol–water partition coefficient (Wildman–Crippen LogP) is 4.13. The highest BCUT2D eigenvalue weighted by Crippen LogP contribution is 2.22. The number of nitrogens with zero attached hydrogens (tertiary/aromatic N) is 6. The molecule has 0 fully saturated rings. The second-order valence-electron chi connectivity index (χ2n) is 8.65. The fourth-order valence-electron chi connectivity index (χ4n) is 4.28. The normalized spacial score (nSPS) is 11.8. The zero-order valence-electron chi connectivity index (χ0n) is 20.6. The highest BCUT2D eigenvalue weighted by molar-refractivity contribution is 7.80. The van der Waals surface area contributed by atoms with Gasteiger partial charge in [0.2, 0.25) is 5.11 Å². The van der Waals surface area contributed by atoms with Crippen LogP contribution in [0.2, 0.25) is 0 Å². The molecule has 11 heteroatoms. The van der Waals surface area contributed by atoms with Gasteiger partial charge >= 0.3 is 9.92 Å². The Morgan fingerprint density at radius 1 is 0.737 bits per heavy atom. The van der Waals surface area contributed by atoms with Crippen LogP contribution >= 0.6 is 34.9 Å². The summed E-state index contributed by atoms with van der Waals surface area (Å²) in [6.45, 7) is 0. The Bertz CT molecular complexity index is 1670. The van der Waals surface area contributed by atoms with E-state index in [1.54, 1.807) is 35.1 Å². The molecule has 188 valence electrons. The molecule has 2 aromatic carbocycles. The van der Waals surface area contributed by atoms with Gasteiger partial charge in [-0.1, -0.05) is 46.9 Å². The van der Waals surface area contributed by atoms with Gasteiger partial charge in [0.05, 0.1) is 26.5 Å². The van der Waals surface area contributed by atoms with Crippen LogP contribution in [0.4, 0.5) is 0 Å². The number of rotatable bonds is 6. The quantitative estimate of drug-likeness (QED) is 0.140. The smallest absolute Gasteiger partial charge is 0.252 e. The summed E-state index contributed by atoms with van der Waals surface area (Å²) in [6.07, 6.45) is 11.9. The molecule has 0 unspecified atom stereocenters. The minimum Gasteiger partial charge on any atom is -0.252 e. The summed E-state index contributed by atoms with van der Waals surface area (Å²) in [5, 5.41) is 12.9. The minimum absolute atomic E-state index is 0.313. The molecule has 0 saturated carbocycles. The number of hydrogen-bond donors (Lipinski definition) is 2. The first-order valence-electron chi connectivity index (χ1n) is 11.8. The van der Waals surface area contributed by atoms with E-state index in [0.717, 1.165) is 33.6 Å². The first kappa shape index (κ1) is 24.2. The molecule has 2 N–H and O–H groups in total. The third kappa shape index (κ3) is 4.74. The molecule has 0 aliphatic heterocycles. The number of benzene rings is 2. The van der Waals surface area contributed by atoms with E-state index in [2.05, 4.69) is 113 Å². The fraction of sp³-hybridized carbons (Fsp3) is 0.0741. The Hall–Kier alpha value is -4.19. The molecule has 6 aromatic rings. The van der Waals surface area contributed by atoms with Gasteiger partial charge in [-0.2, -0.15) is 19.0 Å². The van der Waals surface area contributed by atoms with Crippen LogP contribution < -0.4 is 19.7 Å². The summed E-state index contributed by atoms with van der Waals surface area (Å²) in [4.78, 5) is 2.39. The van der Waals surface area contributed by atoms with Gasteiger partial charge in [0, 0.05) is 21.9 Å². The van der Waals surface area contributed by atoms with Crippen molar-refractivity contribution in [1.82, 2.24) is 20.0 Å². The number of thiazole rings is 2. The number of hydrogen-bond acceptors (Lipinski definition) is 5. The maximum atomic E-state index is 5.27. The molecular weight excluding hydrogens is 533 g/mol. The molecule has 0 aliphatic rings. The largest absolute Gasteiger partial charge is 0.345 e. The number of aromatic nitrogens is 4. The SMILES string of the molecule is Cn1c(-c2ccc(/C=N/NC(=S)N/N=C/c3ccc(-c4c[n+]5ccsc5n4C)cc3)cc2)c[n+]2ccsc12. The van der Waals surface area contributed by atoms with E-state index in [9.17, 15) is 0 Å². The van der Waals surface area contributed by atoms with E-state index in [0.29, 0.717) is 5.11 Å². The van der Waals surface area contributed by atoms with Crippen molar-refractivity contribution < 1.29 is 8.80 Å². The van der Waals surface area contributed by atoms with Gasteiger partial charge in [-0.25, -0.2) is 9.13 Å². The summed E-state index contributed by atoms with van der Waals surface area (Å²) in [6, 6.07) is 16.5. The van der Waals surface area contributed by atoms with Gasteiger partial charge in [0.25, 0.3) is 0 Å². The highest BCUT2D eigenvalue weighted by Gasteiger charge is 2.17. The molecule has 0 spiro atoms. The lowest BCUT2D eigenvalue weighted by Crippen LogP contribution is -2.28. The molecule has 8 nitrogen and oxygen atoms in total. The third-order valence-electron chi connectivity index (χ3n) is 6.22. The van der Waals surface area contributed by atoms with Crippen LogP contribution in [0.3, 0.4) is 0 Å². The monoisotopic (exact) mass is 556 g/mol. The number of nitrogens with one attached hydrogen (secondary N) is 2. The molecule has 0 amide bonds. The van der Waals surface area contributed by atoms with Crippen molar-refractivity contribution in [3.8, 4) is 22.5 Å². The van der Waals surface area contributed by atoms with Gasteiger partial charge < -0.3 is 0 Å². The van der Waals surface area contributed by atoms with Gasteiger partial charge in [0.1, 0.15) is 24.8 Å². The minimum atomic E-state index is 0.313. The third-order valence-corrected chi connectivity index (χ3v) is 8.31.